The summed E-state index contributed by atoms with van der Waals surface area (Å²) in [5.41, 5.74) is 5.08. The number of rotatable bonds is 4. The molecule has 0 aliphatic heterocycles. The van der Waals surface area contributed by atoms with Gasteiger partial charge in [-0.2, -0.15) is 0 Å². The van der Waals surface area contributed by atoms with Gasteiger partial charge in [0, 0.05) is 41.2 Å². The highest BCUT2D eigenvalue weighted by Crippen LogP contribution is 2.36. The molecule has 1 saturated carbocycles. The quantitative estimate of drug-likeness (QED) is 0.776. The summed E-state index contributed by atoms with van der Waals surface area (Å²) in [7, 11) is 0. The van der Waals surface area contributed by atoms with E-state index in [0.717, 1.165) is 41.4 Å². The van der Waals surface area contributed by atoms with Crippen molar-refractivity contribution in [1.82, 2.24) is 15.3 Å². The molecule has 0 atom stereocenters. The minimum Gasteiger partial charge on any atom is -0.345 e. The number of hydrogen-bond donors (Lipinski definition) is 2. The van der Waals surface area contributed by atoms with Crippen LogP contribution in [0, 0.1) is 0 Å². The average Bonchev–Trinajstić information content (AvgIpc) is 3.02. The summed E-state index contributed by atoms with van der Waals surface area (Å²) in [6.07, 6.45) is 4.66. The van der Waals surface area contributed by atoms with Crippen LogP contribution in [0.1, 0.15) is 29.9 Å². The number of aromatic amines is 1. The highest BCUT2D eigenvalue weighted by molar-refractivity contribution is 9.10. The molecule has 19 heavy (non-hydrogen) atoms. The topological polar surface area (TPSA) is 40.7 Å². The SMILES string of the molecule is Brc1ccc2c(c1)Cc1[nH]c(CCNC3CC3)nc1-2. The molecule has 0 unspecified atom stereocenters. The number of halogens is 1. The van der Waals surface area contributed by atoms with Gasteiger partial charge in [0.1, 0.15) is 5.82 Å². The molecule has 2 aromatic rings. The smallest absolute Gasteiger partial charge is 0.108 e. The number of nitrogens with one attached hydrogen (secondary N) is 2. The van der Waals surface area contributed by atoms with Crippen LogP contribution in [-0.2, 0) is 12.8 Å². The number of H-pyrrole nitrogens is 1. The largest absolute Gasteiger partial charge is 0.345 e. The highest BCUT2D eigenvalue weighted by Gasteiger charge is 2.23. The zero-order valence-electron chi connectivity index (χ0n) is 10.7. The molecule has 1 heterocycles. The Hall–Kier alpha value is -1.13. The van der Waals surface area contributed by atoms with E-state index in [4.69, 9.17) is 4.98 Å². The highest BCUT2D eigenvalue weighted by atomic mass is 79.9. The second-order valence-electron chi connectivity index (χ2n) is 5.47. The van der Waals surface area contributed by atoms with Gasteiger partial charge in [-0.25, -0.2) is 4.98 Å². The van der Waals surface area contributed by atoms with Crippen LogP contribution in [0.15, 0.2) is 22.7 Å². The molecular weight excluding hydrogens is 302 g/mol. The van der Waals surface area contributed by atoms with Crippen LogP contribution in [0.2, 0.25) is 0 Å². The molecule has 0 radical (unpaired) electrons. The third-order valence-electron chi connectivity index (χ3n) is 3.89. The van der Waals surface area contributed by atoms with Gasteiger partial charge in [-0.1, -0.05) is 22.0 Å². The Morgan fingerprint density at radius 1 is 1.37 bits per heavy atom. The van der Waals surface area contributed by atoms with E-state index >= 15 is 0 Å². The molecule has 0 amide bonds. The molecule has 0 bridgehead atoms. The second kappa shape index (κ2) is 4.46. The lowest BCUT2D eigenvalue weighted by atomic mass is 10.1. The monoisotopic (exact) mass is 317 g/mol. The predicted octanol–water partition coefficient (Wildman–Crippen LogP) is 3.04. The van der Waals surface area contributed by atoms with Gasteiger partial charge in [-0.05, 0) is 30.5 Å². The Bertz CT molecular complexity index is 628. The number of imidazole rings is 1. The van der Waals surface area contributed by atoms with Crippen molar-refractivity contribution in [2.45, 2.75) is 31.7 Å². The minimum absolute atomic E-state index is 0.778. The van der Waals surface area contributed by atoms with Crippen molar-refractivity contribution < 1.29 is 0 Å². The Morgan fingerprint density at radius 2 is 2.26 bits per heavy atom. The fraction of sp³-hybridized carbons (Fsp3) is 0.400. The predicted molar refractivity (Wildman–Crippen MR) is 79.3 cm³/mol. The van der Waals surface area contributed by atoms with Gasteiger partial charge in [0.15, 0.2) is 0 Å². The van der Waals surface area contributed by atoms with Crippen molar-refractivity contribution in [3.63, 3.8) is 0 Å². The first-order valence-electron chi connectivity index (χ1n) is 6.89. The van der Waals surface area contributed by atoms with Crippen LogP contribution in [-0.4, -0.2) is 22.6 Å². The van der Waals surface area contributed by atoms with E-state index in [1.165, 1.54) is 29.7 Å². The van der Waals surface area contributed by atoms with Gasteiger partial charge in [0.05, 0.1) is 5.69 Å². The number of hydrogen-bond acceptors (Lipinski definition) is 2. The molecule has 4 rings (SSSR count). The lowest BCUT2D eigenvalue weighted by Crippen LogP contribution is -2.19. The molecule has 0 saturated heterocycles. The maximum absolute atomic E-state index is 4.77. The maximum atomic E-state index is 4.77. The number of fused-ring (bicyclic) bond motifs is 3. The minimum atomic E-state index is 0.778. The molecule has 4 heteroatoms. The summed E-state index contributed by atoms with van der Waals surface area (Å²) in [5, 5.41) is 3.53. The summed E-state index contributed by atoms with van der Waals surface area (Å²) in [6.45, 7) is 1.03. The molecule has 98 valence electrons. The summed E-state index contributed by atoms with van der Waals surface area (Å²) in [4.78, 5) is 8.26. The van der Waals surface area contributed by atoms with Gasteiger partial charge < -0.3 is 10.3 Å². The molecular formula is C15H16BrN3. The number of aromatic nitrogens is 2. The first-order chi connectivity index (χ1) is 9.29. The van der Waals surface area contributed by atoms with Crippen LogP contribution in [0.3, 0.4) is 0 Å². The zero-order chi connectivity index (χ0) is 12.8. The van der Waals surface area contributed by atoms with Crippen LogP contribution in [0.4, 0.5) is 0 Å². The van der Waals surface area contributed by atoms with E-state index in [1.54, 1.807) is 0 Å². The number of benzene rings is 1. The van der Waals surface area contributed by atoms with Crippen LogP contribution in [0.5, 0.6) is 0 Å². The van der Waals surface area contributed by atoms with Crippen molar-refractivity contribution in [1.29, 1.82) is 0 Å². The van der Waals surface area contributed by atoms with Gasteiger partial charge in [-0.3, -0.25) is 0 Å². The molecule has 1 aromatic heterocycles. The molecule has 2 N–H and O–H groups in total. The Kier molecular flexibility index (Phi) is 2.74. The van der Waals surface area contributed by atoms with Crippen LogP contribution in [0.25, 0.3) is 11.3 Å². The average molecular weight is 318 g/mol. The van der Waals surface area contributed by atoms with Gasteiger partial charge in [-0.15, -0.1) is 0 Å². The fourth-order valence-electron chi connectivity index (χ4n) is 2.75. The molecule has 1 fully saturated rings. The first-order valence-corrected chi connectivity index (χ1v) is 7.69. The Labute approximate surface area is 121 Å². The normalized spacial score (nSPS) is 16.5. The van der Waals surface area contributed by atoms with Crippen molar-refractivity contribution in [3.05, 3.63) is 39.8 Å². The summed E-state index contributed by atoms with van der Waals surface area (Å²) in [5.74, 6) is 1.12. The van der Waals surface area contributed by atoms with Crippen molar-refractivity contribution in [2.75, 3.05) is 6.54 Å². The molecule has 3 nitrogen and oxygen atoms in total. The van der Waals surface area contributed by atoms with E-state index < -0.39 is 0 Å². The lowest BCUT2D eigenvalue weighted by molar-refractivity contribution is 0.669. The molecule has 2 aliphatic rings. The lowest BCUT2D eigenvalue weighted by Gasteiger charge is -2.01. The fourth-order valence-corrected chi connectivity index (χ4v) is 3.15. The van der Waals surface area contributed by atoms with E-state index in [2.05, 4.69) is 44.4 Å². The van der Waals surface area contributed by atoms with Crippen molar-refractivity contribution >= 4 is 15.9 Å². The maximum Gasteiger partial charge on any atom is 0.108 e. The van der Waals surface area contributed by atoms with Crippen LogP contribution >= 0.6 is 15.9 Å². The third-order valence-corrected chi connectivity index (χ3v) is 4.38. The second-order valence-corrected chi connectivity index (χ2v) is 6.38. The Balaban J connectivity index is 1.53. The summed E-state index contributed by atoms with van der Waals surface area (Å²) in [6, 6.07) is 7.23. The van der Waals surface area contributed by atoms with Gasteiger partial charge in [0.2, 0.25) is 0 Å². The van der Waals surface area contributed by atoms with Crippen LogP contribution < -0.4 is 5.32 Å². The van der Waals surface area contributed by atoms with E-state index in [-0.39, 0.29) is 0 Å². The third kappa shape index (κ3) is 2.23. The van der Waals surface area contributed by atoms with Crippen molar-refractivity contribution in [3.8, 4) is 11.3 Å². The molecule has 1 aromatic carbocycles. The van der Waals surface area contributed by atoms with E-state index in [1.807, 2.05) is 0 Å². The van der Waals surface area contributed by atoms with E-state index in [9.17, 15) is 0 Å². The zero-order valence-corrected chi connectivity index (χ0v) is 12.3. The molecule has 2 aliphatic carbocycles. The standard InChI is InChI=1S/C15H16BrN3/c16-10-1-4-12-9(7-10)8-13-15(12)19-14(18-13)5-6-17-11-2-3-11/h1,4,7,11,17H,2-3,5-6,8H2,(H,18,19). The summed E-state index contributed by atoms with van der Waals surface area (Å²) >= 11 is 3.53. The Morgan fingerprint density at radius 3 is 3.11 bits per heavy atom. The van der Waals surface area contributed by atoms with E-state index in [0.29, 0.717) is 0 Å². The van der Waals surface area contributed by atoms with Gasteiger partial charge in [0.25, 0.3) is 0 Å². The van der Waals surface area contributed by atoms with Gasteiger partial charge >= 0.3 is 0 Å². The first kappa shape index (κ1) is 11.7. The van der Waals surface area contributed by atoms with Crippen molar-refractivity contribution in [2.24, 2.45) is 0 Å². The number of nitrogens with zero attached hydrogens (tertiary/aromatic N) is 1. The summed E-state index contributed by atoms with van der Waals surface area (Å²) < 4.78 is 1.14. The molecule has 0 spiro atoms.